The van der Waals surface area contributed by atoms with Gasteiger partial charge < -0.3 is 24.1 Å². The number of methoxy groups -OCH3 is 4. The van der Waals surface area contributed by atoms with Crippen LogP contribution in [0.2, 0.25) is 0 Å². The highest BCUT2D eigenvalue weighted by Crippen LogP contribution is 2.41. The first-order valence-electron chi connectivity index (χ1n) is 9.80. The zero-order valence-corrected chi connectivity index (χ0v) is 19.5. The standard InChI is InChI=1S/C24H25NO7S/c1-29-19-13-12-17(11-10-16-14-20(30-2)24(32-4)21(15-16)31-3)22(23(19)26)25-33(27,28)18-8-6-5-7-9-18/h5-15,25-26H,1-4H3/b11-10-. The second-order valence-corrected chi connectivity index (χ2v) is 8.47. The molecule has 2 N–H and O–H groups in total. The molecule has 3 aromatic carbocycles. The van der Waals surface area contributed by atoms with Crippen LogP contribution in [0.25, 0.3) is 12.2 Å². The van der Waals surface area contributed by atoms with Crippen LogP contribution in [0.15, 0.2) is 59.5 Å². The summed E-state index contributed by atoms with van der Waals surface area (Å²) in [5, 5.41) is 10.7. The quantitative estimate of drug-likeness (QED) is 0.352. The number of hydrogen-bond acceptors (Lipinski definition) is 7. The van der Waals surface area contributed by atoms with E-state index in [1.54, 1.807) is 54.6 Å². The smallest absolute Gasteiger partial charge is 0.262 e. The van der Waals surface area contributed by atoms with Gasteiger partial charge in [-0.25, -0.2) is 8.42 Å². The zero-order valence-electron chi connectivity index (χ0n) is 18.7. The molecule has 0 spiro atoms. The van der Waals surface area contributed by atoms with Gasteiger partial charge >= 0.3 is 0 Å². The lowest BCUT2D eigenvalue weighted by molar-refractivity contribution is 0.324. The zero-order chi connectivity index (χ0) is 24.0. The predicted octanol–water partition coefficient (Wildman–Crippen LogP) is 4.40. The molecule has 9 heteroatoms. The molecular formula is C24H25NO7S. The van der Waals surface area contributed by atoms with Crippen LogP contribution in [0.1, 0.15) is 11.1 Å². The summed E-state index contributed by atoms with van der Waals surface area (Å²) in [4.78, 5) is 0.0618. The van der Waals surface area contributed by atoms with Crippen molar-refractivity contribution in [2.24, 2.45) is 0 Å². The first-order chi connectivity index (χ1) is 15.8. The SMILES string of the molecule is COc1ccc(/C=C\c2cc(OC)c(OC)c(OC)c2)c(NS(=O)(=O)c2ccccc2)c1O. The summed E-state index contributed by atoms with van der Waals surface area (Å²) < 4.78 is 49.5. The molecule has 0 unspecified atom stereocenters. The lowest BCUT2D eigenvalue weighted by Crippen LogP contribution is -2.14. The van der Waals surface area contributed by atoms with Crippen LogP contribution in [-0.4, -0.2) is 42.0 Å². The molecule has 3 rings (SSSR count). The van der Waals surface area contributed by atoms with Gasteiger partial charge in [0, 0.05) is 5.56 Å². The third-order valence-electron chi connectivity index (χ3n) is 4.83. The van der Waals surface area contributed by atoms with Gasteiger partial charge in [-0.2, -0.15) is 0 Å². The molecule has 8 nitrogen and oxygen atoms in total. The number of benzene rings is 3. The summed E-state index contributed by atoms with van der Waals surface area (Å²) in [6, 6.07) is 14.5. The molecule has 0 atom stereocenters. The van der Waals surface area contributed by atoms with Gasteiger partial charge in [0.25, 0.3) is 10.0 Å². The van der Waals surface area contributed by atoms with Crippen LogP contribution in [0.5, 0.6) is 28.7 Å². The van der Waals surface area contributed by atoms with Crippen molar-refractivity contribution < 1.29 is 32.5 Å². The summed E-state index contributed by atoms with van der Waals surface area (Å²) in [7, 11) is 1.98. The Labute approximate surface area is 193 Å². The van der Waals surface area contributed by atoms with Crippen molar-refractivity contribution >= 4 is 27.9 Å². The number of aromatic hydroxyl groups is 1. The average Bonchev–Trinajstić information content (AvgIpc) is 2.84. The molecule has 0 radical (unpaired) electrons. The van der Waals surface area contributed by atoms with Crippen LogP contribution in [-0.2, 0) is 10.0 Å². The summed E-state index contributed by atoms with van der Waals surface area (Å²) in [6.07, 6.45) is 3.38. The molecule has 3 aromatic rings. The Morgan fingerprint density at radius 2 is 1.39 bits per heavy atom. The second kappa shape index (κ2) is 10.2. The maximum absolute atomic E-state index is 12.9. The highest BCUT2D eigenvalue weighted by molar-refractivity contribution is 7.92. The molecule has 0 heterocycles. The average molecular weight is 472 g/mol. The normalized spacial score (nSPS) is 11.3. The molecule has 0 aliphatic rings. The van der Waals surface area contributed by atoms with Crippen LogP contribution < -0.4 is 23.7 Å². The summed E-state index contributed by atoms with van der Waals surface area (Å²) >= 11 is 0. The van der Waals surface area contributed by atoms with Crippen molar-refractivity contribution in [2.45, 2.75) is 4.90 Å². The van der Waals surface area contributed by atoms with Crippen LogP contribution >= 0.6 is 0 Å². The Morgan fingerprint density at radius 3 is 1.94 bits per heavy atom. The van der Waals surface area contributed by atoms with E-state index >= 15 is 0 Å². The molecule has 0 amide bonds. The van der Waals surface area contributed by atoms with E-state index in [1.165, 1.54) is 40.6 Å². The molecule has 33 heavy (non-hydrogen) atoms. The van der Waals surface area contributed by atoms with Gasteiger partial charge in [0.1, 0.15) is 5.69 Å². The molecule has 0 saturated carbocycles. The van der Waals surface area contributed by atoms with Crippen LogP contribution in [0.4, 0.5) is 5.69 Å². The van der Waals surface area contributed by atoms with Gasteiger partial charge in [-0.3, -0.25) is 4.72 Å². The minimum Gasteiger partial charge on any atom is -0.503 e. The number of ether oxygens (including phenoxy) is 4. The fraction of sp³-hybridized carbons (Fsp3) is 0.167. The molecule has 0 saturated heterocycles. The highest BCUT2D eigenvalue weighted by atomic mass is 32.2. The van der Waals surface area contributed by atoms with E-state index in [-0.39, 0.29) is 22.1 Å². The number of nitrogens with one attached hydrogen (secondary N) is 1. The van der Waals surface area contributed by atoms with E-state index in [0.29, 0.717) is 28.4 Å². The van der Waals surface area contributed by atoms with E-state index in [2.05, 4.69) is 4.72 Å². The minimum absolute atomic E-state index is 0.0121. The van der Waals surface area contributed by atoms with Gasteiger partial charge in [0.15, 0.2) is 23.0 Å². The van der Waals surface area contributed by atoms with E-state index in [1.807, 2.05) is 0 Å². The van der Waals surface area contributed by atoms with Crippen LogP contribution in [0, 0.1) is 0 Å². The van der Waals surface area contributed by atoms with Gasteiger partial charge in [-0.1, -0.05) is 30.4 Å². The number of rotatable bonds is 9. The Morgan fingerprint density at radius 1 is 0.788 bits per heavy atom. The predicted molar refractivity (Wildman–Crippen MR) is 127 cm³/mol. The number of sulfonamides is 1. The fourth-order valence-corrected chi connectivity index (χ4v) is 4.29. The maximum Gasteiger partial charge on any atom is 0.262 e. The molecule has 174 valence electrons. The Kier molecular flexibility index (Phi) is 7.34. The summed E-state index contributed by atoms with van der Waals surface area (Å²) in [5.74, 6) is 1.20. The number of phenols is 1. The van der Waals surface area contributed by atoms with Gasteiger partial charge in [-0.15, -0.1) is 0 Å². The summed E-state index contributed by atoms with van der Waals surface area (Å²) in [6.45, 7) is 0. The van der Waals surface area contributed by atoms with Crippen molar-refractivity contribution in [1.29, 1.82) is 0 Å². The second-order valence-electron chi connectivity index (χ2n) is 6.79. The summed E-state index contributed by atoms with van der Waals surface area (Å²) in [5.41, 5.74) is 1.11. The number of phenolic OH excluding ortho intramolecular Hbond substituents is 1. The lowest BCUT2D eigenvalue weighted by Gasteiger charge is -2.15. The van der Waals surface area contributed by atoms with Crippen molar-refractivity contribution in [2.75, 3.05) is 33.2 Å². The molecule has 0 aliphatic carbocycles. The molecule has 0 bridgehead atoms. The topological polar surface area (TPSA) is 103 Å². The monoisotopic (exact) mass is 471 g/mol. The van der Waals surface area contributed by atoms with E-state index in [9.17, 15) is 13.5 Å². The number of anilines is 1. The molecule has 0 aromatic heterocycles. The van der Waals surface area contributed by atoms with Crippen molar-refractivity contribution in [1.82, 2.24) is 0 Å². The fourth-order valence-electron chi connectivity index (χ4n) is 3.18. The van der Waals surface area contributed by atoms with E-state index in [0.717, 1.165) is 0 Å². The van der Waals surface area contributed by atoms with E-state index in [4.69, 9.17) is 18.9 Å². The van der Waals surface area contributed by atoms with Gasteiger partial charge in [0.2, 0.25) is 5.75 Å². The third kappa shape index (κ3) is 5.15. The highest BCUT2D eigenvalue weighted by Gasteiger charge is 2.20. The molecular weight excluding hydrogens is 446 g/mol. The third-order valence-corrected chi connectivity index (χ3v) is 6.19. The molecule has 0 fully saturated rings. The lowest BCUT2D eigenvalue weighted by atomic mass is 10.1. The van der Waals surface area contributed by atoms with Crippen LogP contribution in [0.3, 0.4) is 0 Å². The largest absolute Gasteiger partial charge is 0.503 e. The van der Waals surface area contributed by atoms with Gasteiger partial charge in [-0.05, 0) is 42.0 Å². The first-order valence-corrected chi connectivity index (χ1v) is 11.3. The molecule has 0 aliphatic heterocycles. The Balaban J connectivity index is 2.06. The van der Waals surface area contributed by atoms with Gasteiger partial charge in [0.05, 0.1) is 33.3 Å². The Bertz CT molecular complexity index is 1230. The Hall–Kier alpha value is -3.85. The first kappa shape index (κ1) is 23.8. The van der Waals surface area contributed by atoms with Crippen molar-refractivity contribution in [3.63, 3.8) is 0 Å². The minimum atomic E-state index is -3.95. The van der Waals surface area contributed by atoms with Crippen molar-refractivity contribution in [3.05, 3.63) is 65.7 Å². The maximum atomic E-state index is 12.9. The van der Waals surface area contributed by atoms with E-state index < -0.39 is 10.0 Å². The van der Waals surface area contributed by atoms with Crippen molar-refractivity contribution in [3.8, 4) is 28.7 Å². The number of hydrogen-bond donors (Lipinski definition) is 2.